The topological polar surface area (TPSA) is 82.6 Å². The number of rotatable bonds is 10. The summed E-state index contributed by atoms with van der Waals surface area (Å²) >= 11 is 3.24. The Hall–Kier alpha value is -0.460. The maximum Gasteiger partial charge on any atom is 0.211 e. The zero-order chi connectivity index (χ0) is 18.7. The highest BCUT2D eigenvalue weighted by Gasteiger charge is 2.05. The quantitative estimate of drug-likeness (QED) is 0.177. The maximum atomic E-state index is 13.7. The monoisotopic (exact) mass is 564 g/mol. The number of aliphatic imine (C=N–C) groups is 1. The number of halogens is 3. The average molecular weight is 565 g/mol. The van der Waals surface area contributed by atoms with E-state index in [-0.39, 0.29) is 35.5 Å². The van der Waals surface area contributed by atoms with E-state index >= 15 is 0 Å². The minimum Gasteiger partial charge on any atom is -0.356 e. The van der Waals surface area contributed by atoms with Gasteiger partial charge >= 0.3 is 0 Å². The predicted molar refractivity (Wildman–Crippen MR) is 119 cm³/mol. The Morgan fingerprint density at radius 3 is 2.42 bits per heavy atom. The first kappa shape index (κ1) is 25.5. The minimum absolute atomic E-state index is 0. The smallest absolute Gasteiger partial charge is 0.211 e. The molecule has 0 unspecified atom stereocenters. The molecule has 0 aliphatic rings. The molecule has 0 atom stereocenters. The number of aryl methyl sites for hydroxylation is 1. The summed E-state index contributed by atoms with van der Waals surface area (Å²) in [4.78, 5) is 4.10. The van der Waals surface area contributed by atoms with Crippen molar-refractivity contribution < 1.29 is 12.8 Å². The summed E-state index contributed by atoms with van der Waals surface area (Å²) in [6.45, 7) is 3.26. The van der Waals surface area contributed by atoms with Gasteiger partial charge in [0.25, 0.3) is 0 Å². The van der Waals surface area contributed by atoms with E-state index < -0.39 is 10.0 Å². The van der Waals surface area contributed by atoms with Crippen LogP contribution in [0.5, 0.6) is 0 Å². The Morgan fingerprint density at radius 2 is 1.85 bits per heavy atom. The van der Waals surface area contributed by atoms with Crippen molar-refractivity contribution in [3.8, 4) is 0 Å². The van der Waals surface area contributed by atoms with Crippen LogP contribution in [0.3, 0.4) is 0 Å². The van der Waals surface area contributed by atoms with Crippen LogP contribution in [0.4, 0.5) is 4.39 Å². The Bertz CT molecular complexity index is 674. The minimum atomic E-state index is -3.13. The number of nitrogens with one attached hydrogen (secondary N) is 3. The van der Waals surface area contributed by atoms with E-state index in [9.17, 15) is 12.8 Å². The third kappa shape index (κ3) is 10.6. The van der Waals surface area contributed by atoms with Gasteiger partial charge in [-0.2, -0.15) is 0 Å². The summed E-state index contributed by atoms with van der Waals surface area (Å²) in [7, 11) is -1.46. The molecule has 6 nitrogen and oxygen atoms in total. The van der Waals surface area contributed by atoms with Crippen molar-refractivity contribution in [2.75, 3.05) is 32.4 Å². The van der Waals surface area contributed by atoms with Gasteiger partial charge in [0.1, 0.15) is 5.82 Å². The molecule has 1 aromatic rings. The molecule has 0 bridgehead atoms. The molecular formula is C16H27BrFIN4O2S. The number of hydrogen-bond donors (Lipinski definition) is 3. The second-order valence-electron chi connectivity index (χ2n) is 5.42. The van der Waals surface area contributed by atoms with E-state index in [0.29, 0.717) is 44.0 Å². The first-order valence-electron chi connectivity index (χ1n) is 8.23. The fraction of sp³-hybridized carbons (Fsp3) is 0.562. The van der Waals surface area contributed by atoms with Crippen LogP contribution in [0, 0.1) is 5.82 Å². The van der Waals surface area contributed by atoms with Gasteiger partial charge in [0.15, 0.2) is 5.96 Å². The van der Waals surface area contributed by atoms with Gasteiger partial charge < -0.3 is 10.6 Å². The summed E-state index contributed by atoms with van der Waals surface area (Å²) in [5, 5.41) is 6.27. The lowest BCUT2D eigenvalue weighted by Gasteiger charge is -2.12. The molecule has 150 valence electrons. The number of hydrogen-bond acceptors (Lipinski definition) is 3. The van der Waals surface area contributed by atoms with Gasteiger partial charge in [0.2, 0.25) is 10.0 Å². The highest BCUT2D eigenvalue weighted by Crippen LogP contribution is 2.16. The van der Waals surface area contributed by atoms with Crippen LogP contribution in [0.15, 0.2) is 27.7 Å². The number of nitrogens with zero attached hydrogens (tertiary/aromatic N) is 1. The number of sulfonamides is 1. The van der Waals surface area contributed by atoms with Crippen LogP contribution in [-0.4, -0.2) is 46.8 Å². The molecular weight excluding hydrogens is 538 g/mol. The maximum absolute atomic E-state index is 13.7. The fourth-order valence-corrected chi connectivity index (χ4v) is 3.05. The summed E-state index contributed by atoms with van der Waals surface area (Å²) < 4.78 is 39.5. The van der Waals surface area contributed by atoms with Gasteiger partial charge in [0.05, 0.1) is 5.75 Å². The van der Waals surface area contributed by atoms with Crippen molar-refractivity contribution in [3.63, 3.8) is 0 Å². The zero-order valence-electron chi connectivity index (χ0n) is 15.0. The van der Waals surface area contributed by atoms with E-state index in [1.807, 2.05) is 6.07 Å². The third-order valence-electron chi connectivity index (χ3n) is 3.50. The first-order chi connectivity index (χ1) is 11.9. The summed E-state index contributed by atoms with van der Waals surface area (Å²) in [5.74, 6) is 0.531. The van der Waals surface area contributed by atoms with Gasteiger partial charge in [-0.05, 0) is 43.9 Å². The lowest BCUT2D eigenvalue weighted by atomic mass is 10.1. The van der Waals surface area contributed by atoms with Gasteiger partial charge in [-0.15, -0.1) is 24.0 Å². The summed E-state index contributed by atoms with van der Waals surface area (Å²) in [6, 6.07) is 5.08. The molecule has 0 spiro atoms. The second kappa shape index (κ2) is 13.7. The molecule has 10 heteroatoms. The standard InChI is InChI=1S/C16H26BrFN4O2S.HI/c1-3-25(23,24)22-11-5-10-21-16(19-2)20-9-4-6-13-7-8-14(17)12-15(13)18;/h7-8,12,22H,3-6,9-11H2,1-2H3,(H2,19,20,21);1H. The molecule has 1 aromatic carbocycles. The molecule has 0 aliphatic heterocycles. The summed E-state index contributed by atoms with van der Waals surface area (Å²) in [6.07, 6.45) is 2.07. The van der Waals surface area contributed by atoms with E-state index in [4.69, 9.17) is 0 Å². The van der Waals surface area contributed by atoms with Crippen molar-refractivity contribution in [2.24, 2.45) is 4.99 Å². The van der Waals surface area contributed by atoms with Gasteiger partial charge in [-0.3, -0.25) is 4.99 Å². The Kier molecular flexibility index (Phi) is 13.4. The van der Waals surface area contributed by atoms with Crippen LogP contribution < -0.4 is 15.4 Å². The normalized spacial score (nSPS) is 11.8. The number of guanidine groups is 1. The van der Waals surface area contributed by atoms with Crippen molar-refractivity contribution in [1.82, 2.24) is 15.4 Å². The fourth-order valence-electron chi connectivity index (χ4n) is 2.06. The molecule has 1 rings (SSSR count). The predicted octanol–water partition coefficient (Wildman–Crippen LogP) is 2.63. The van der Waals surface area contributed by atoms with E-state index in [0.717, 1.165) is 10.9 Å². The molecule has 0 heterocycles. The highest BCUT2D eigenvalue weighted by atomic mass is 127. The van der Waals surface area contributed by atoms with Gasteiger partial charge in [-0.1, -0.05) is 22.0 Å². The molecule has 0 radical (unpaired) electrons. The first-order valence-corrected chi connectivity index (χ1v) is 10.7. The van der Waals surface area contributed by atoms with Gasteiger partial charge in [0, 0.05) is 31.2 Å². The lowest BCUT2D eigenvalue weighted by Crippen LogP contribution is -2.39. The largest absolute Gasteiger partial charge is 0.356 e. The van der Waals surface area contributed by atoms with Crippen LogP contribution in [-0.2, 0) is 16.4 Å². The molecule has 0 aromatic heterocycles. The molecule has 0 amide bonds. The Morgan fingerprint density at radius 1 is 1.19 bits per heavy atom. The van der Waals surface area contributed by atoms with Crippen LogP contribution in [0.25, 0.3) is 0 Å². The van der Waals surface area contributed by atoms with Crippen molar-refractivity contribution in [2.45, 2.75) is 26.2 Å². The number of benzene rings is 1. The molecule has 0 aliphatic carbocycles. The van der Waals surface area contributed by atoms with Crippen molar-refractivity contribution in [3.05, 3.63) is 34.1 Å². The molecule has 0 saturated heterocycles. The zero-order valence-corrected chi connectivity index (χ0v) is 19.8. The molecule has 0 fully saturated rings. The average Bonchev–Trinajstić information content (AvgIpc) is 2.58. The lowest BCUT2D eigenvalue weighted by molar-refractivity contribution is 0.579. The third-order valence-corrected chi connectivity index (χ3v) is 5.40. The van der Waals surface area contributed by atoms with Crippen LogP contribution in [0.2, 0.25) is 0 Å². The molecule has 0 saturated carbocycles. The van der Waals surface area contributed by atoms with Gasteiger partial charge in [-0.25, -0.2) is 17.5 Å². The second-order valence-corrected chi connectivity index (χ2v) is 8.43. The van der Waals surface area contributed by atoms with Crippen molar-refractivity contribution >= 4 is 55.9 Å². The molecule has 3 N–H and O–H groups in total. The molecule has 26 heavy (non-hydrogen) atoms. The SMILES string of the molecule is CCS(=O)(=O)NCCCNC(=NC)NCCCc1ccc(Br)cc1F.I. The van der Waals surface area contributed by atoms with E-state index in [2.05, 4.69) is 36.3 Å². The summed E-state index contributed by atoms with van der Waals surface area (Å²) in [5.41, 5.74) is 0.691. The Labute approximate surface area is 181 Å². The van der Waals surface area contributed by atoms with Crippen LogP contribution >= 0.6 is 39.9 Å². The highest BCUT2D eigenvalue weighted by molar-refractivity contribution is 14.0. The van der Waals surface area contributed by atoms with E-state index in [1.165, 1.54) is 6.07 Å². The van der Waals surface area contributed by atoms with E-state index in [1.54, 1.807) is 20.0 Å². The van der Waals surface area contributed by atoms with Crippen molar-refractivity contribution in [1.29, 1.82) is 0 Å². The Balaban J connectivity index is 0.00000625. The van der Waals surface area contributed by atoms with Crippen LogP contribution in [0.1, 0.15) is 25.3 Å².